The lowest BCUT2D eigenvalue weighted by molar-refractivity contribution is 0.166. The van der Waals surface area contributed by atoms with Crippen LogP contribution in [0.15, 0.2) is 28.0 Å². The SMILES string of the molecule is Cc1cccc2c1C=C(CN1CCN(C)CC1)S2(=O)=O. The smallest absolute Gasteiger partial charge is 0.204 e. The molecule has 2 aliphatic rings. The maximum absolute atomic E-state index is 12.6. The Bertz CT molecular complexity index is 656. The zero-order valence-electron chi connectivity index (χ0n) is 12.0. The molecule has 1 aromatic rings. The zero-order valence-corrected chi connectivity index (χ0v) is 12.8. The molecule has 3 rings (SSSR count). The summed E-state index contributed by atoms with van der Waals surface area (Å²) < 4.78 is 25.1. The number of likely N-dealkylation sites (N-methyl/N-ethyl adjacent to an activating group) is 1. The van der Waals surface area contributed by atoms with Crippen molar-refractivity contribution in [3.05, 3.63) is 34.2 Å². The van der Waals surface area contributed by atoms with Crippen LogP contribution in [-0.4, -0.2) is 58.0 Å². The van der Waals surface area contributed by atoms with Crippen molar-refractivity contribution < 1.29 is 8.42 Å². The normalized spacial score (nSPS) is 22.6. The molecule has 2 heterocycles. The summed E-state index contributed by atoms with van der Waals surface area (Å²) in [6, 6.07) is 5.49. The highest BCUT2D eigenvalue weighted by Gasteiger charge is 2.31. The van der Waals surface area contributed by atoms with Crippen LogP contribution >= 0.6 is 0 Å². The molecular formula is C15H20N2O2S. The topological polar surface area (TPSA) is 40.6 Å². The molecule has 0 saturated carbocycles. The van der Waals surface area contributed by atoms with Gasteiger partial charge in [0, 0.05) is 32.7 Å². The molecule has 1 saturated heterocycles. The molecule has 0 atom stereocenters. The minimum atomic E-state index is -3.28. The molecule has 0 aromatic heterocycles. The quantitative estimate of drug-likeness (QED) is 0.825. The van der Waals surface area contributed by atoms with Crippen LogP contribution in [-0.2, 0) is 9.84 Å². The Hall–Kier alpha value is -1.17. The van der Waals surface area contributed by atoms with Gasteiger partial charge in [0.05, 0.1) is 9.80 Å². The maximum atomic E-state index is 12.6. The van der Waals surface area contributed by atoms with Gasteiger partial charge in [-0.3, -0.25) is 4.90 Å². The molecule has 108 valence electrons. The van der Waals surface area contributed by atoms with Crippen LogP contribution in [0.2, 0.25) is 0 Å². The van der Waals surface area contributed by atoms with Gasteiger partial charge in [0.25, 0.3) is 0 Å². The van der Waals surface area contributed by atoms with Crippen LogP contribution in [0.25, 0.3) is 6.08 Å². The van der Waals surface area contributed by atoms with E-state index in [1.54, 1.807) is 6.07 Å². The van der Waals surface area contributed by atoms with E-state index in [4.69, 9.17) is 0 Å². The van der Waals surface area contributed by atoms with Gasteiger partial charge in [-0.05, 0) is 37.2 Å². The second-order valence-electron chi connectivity index (χ2n) is 5.68. The van der Waals surface area contributed by atoms with E-state index in [-0.39, 0.29) is 0 Å². The van der Waals surface area contributed by atoms with E-state index in [0.717, 1.165) is 37.3 Å². The number of benzene rings is 1. The number of hydrogen-bond acceptors (Lipinski definition) is 4. The van der Waals surface area contributed by atoms with Gasteiger partial charge in [-0.15, -0.1) is 0 Å². The molecule has 1 fully saturated rings. The highest BCUT2D eigenvalue weighted by atomic mass is 32.2. The standard InChI is InChI=1S/C15H20N2O2S/c1-12-4-3-5-15-14(12)10-13(20(15,18)19)11-17-8-6-16(2)7-9-17/h3-5,10H,6-9,11H2,1-2H3. The summed E-state index contributed by atoms with van der Waals surface area (Å²) in [5, 5.41) is 0. The van der Waals surface area contributed by atoms with E-state index >= 15 is 0 Å². The fraction of sp³-hybridized carbons (Fsp3) is 0.467. The second kappa shape index (κ2) is 4.98. The van der Waals surface area contributed by atoms with Crippen LogP contribution in [0.1, 0.15) is 11.1 Å². The van der Waals surface area contributed by atoms with Crippen molar-refractivity contribution in [1.82, 2.24) is 9.80 Å². The number of rotatable bonds is 2. The van der Waals surface area contributed by atoms with E-state index in [1.807, 2.05) is 25.1 Å². The number of aryl methyl sites for hydroxylation is 1. The molecule has 5 heteroatoms. The lowest BCUT2D eigenvalue weighted by Gasteiger charge is -2.32. The van der Waals surface area contributed by atoms with Crippen molar-refractivity contribution in [1.29, 1.82) is 0 Å². The molecule has 0 amide bonds. The predicted molar refractivity (Wildman–Crippen MR) is 80.3 cm³/mol. The van der Waals surface area contributed by atoms with E-state index in [2.05, 4.69) is 16.8 Å². The lowest BCUT2D eigenvalue weighted by atomic mass is 10.1. The Morgan fingerprint density at radius 3 is 2.50 bits per heavy atom. The fourth-order valence-electron chi connectivity index (χ4n) is 2.81. The molecule has 2 aliphatic heterocycles. The summed E-state index contributed by atoms with van der Waals surface area (Å²) in [6.45, 7) is 6.35. The highest BCUT2D eigenvalue weighted by molar-refractivity contribution is 7.95. The number of fused-ring (bicyclic) bond motifs is 1. The van der Waals surface area contributed by atoms with Crippen molar-refractivity contribution in [3.8, 4) is 0 Å². The van der Waals surface area contributed by atoms with Gasteiger partial charge in [0.15, 0.2) is 0 Å². The number of piperazine rings is 1. The van der Waals surface area contributed by atoms with Gasteiger partial charge in [-0.25, -0.2) is 8.42 Å². The van der Waals surface area contributed by atoms with Crippen LogP contribution in [0, 0.1) is 6.92 Å². The second-order valence-corrected chi connectivity index (χ2v) is 7.65. The Kier molecular flexibility index (Phi) is 3.44. The van der Waals surface area contributed by atoms with E-state index in [1.165, 1.54) is 0 Å². The monoisotopic (exact) mass is 292 g/mol. The van der Waals surface area contributed by atoms with Gasteiger partial charge >= 0.3 is 0 Å². The number of sulfone groups is 1. The van der Waals surface area contributed by atoms with Crippen LogP contribution in [0.3, 0.4) is 0 Å². The molecule has 0 unspecified atom stereocenters. The average molecular weight is 292 g/mol. The summed E-state index contributed by atoms with van der Waals surface area (Å²) in [4.78, 5) is 5.52. The lowest BCUT2D eigenvalue weighted by Crippen LogP contribution is -2.45. The number of nitrogens with zero attached hydrogens (tertiary/aromatic N) is 2. The average Bonchev–Trinajstić information content (AvgIpc) is 2.66. The van der Waals surface area contributed by atoms with Crippen molar-refractivity contribution >= 4 is 15.9 Å². The zero-order chi connectivity index (χ0) is 14.3. The molecule has 0 aliphatic carbocycles. The Morgan fingerprint density at radius 2 is 1.85 bits per heavy atom. The van der Waals surface area contributed by atoms with Crippen molar-refractivity contribution in [2.45, 2.75) is 11.8 Å². The van der Waals surface area contributed by atoms with Gasteiger partial charge < -0.3 is 4.90 Å². The molecule has 0 spiro atoms. The third-order valence-electron chi connectivity index (χ3n) is 4.20. The molecule has 1 aromatic carbocycles. The fourth-order valence-corrected chi connectivity index (χ4v) is 4.48. The maximum Gasteiger partial charge on any atom is 0.204 e. The molecule has 0 radical (unpaired) electrons. The molecule has 4 nitrogen and oxygen atoms in total. The Labute approximate surface area is 120 Å². The molecule has 20 heavy (non-hydrogen) atoms. The predicted octanol–water partition coefficient (Wildman–Crippen LogP) is 1.37. The van der Waals surface area contributed by atoms with E-state index in [9.17, 15) is 8.42 Å². The molecule has 0 N–H and O–H groups in total. The van der Waals surface area contributed by atoms with E-state index in [0.29, 0.717) is 16.3 Å². The third-order valence-corrected chi connectivity index (χ3v) is 6.07. The summed E-state index contributed by atoms with van der Waals surface area (Å²) >= 11 is 0. The first-order chi connectivity index (χ1) is 9.48. The largest absolute Gasteiger partial charge is 0.304 e. The van der Waals surface area contributed by atoms with Gasteiger partial charge in [-0.2, -0.15) is 0 Å². The summed E-state index contributed by atoms with van der Waals surface area (Å²) in [6.07, 6.45) is 1.86. The van der Waals surface area contributed by atoms with Crippen molar-refractivity contribution in [2.24, 2.45) is 0 Å². The first kappa shape index (κ1) is 13.8. The molecular weight excluding hydrogens is 272 g/mol. The van der Waals surface area contributed by atoms with Crippen molar-refractivity contribution in [2.75, 3.05) is 39.8 Å². The minimum Gasteiger partial charge on any atom is -0.304 e. The Balaban J connectivity index is 1.86. The first-order valence-electron chi connectivity index (χ1n) is 6.94. The van der Waals surface area contributed by atoms with E-state index < -0.39 is 9.84 Å². The van der Waals surface area contributed by atoms with Gasteiger partial charge in [-0.1, -0.05) is 12.1 Å². The summed E-state index contributed by atoms with van der Waals surface area (Å²) in [5.74, 6) is 0. The molecule has 0 bridgehead atoms. The minimum absolute atomic E-state index is 0.474. The van der Waals surface area contributed by atoms with Crippen molar-refractivity contribution in [3.63, 3.8) is 0 Å². The Morgan fingerprint density at radius 1 is 1.15 bits per heavy atom. The van der Waals surface area contributed by atoms with Crippen LogP contribution in [0.4, 0.5) is 0 Å². The summed E-state index contributed by atoms with van der Waals surface area (Å²) in [5.41, 5.74) is 1.90. The van der Waals surface area contributed by atoms with Crippen LogP contribution < -0.4 is 0 Å². The summed E-state index contributed by atoms with van der Waals surface area (Å²) in [7, 11) is -1.18. The first-order valence-corrected chi connectivity index (χ1v) is 8.43. The highest BCUT2D eigenvalue weighted by Crippen LogP contribution is 2.34. The van der Waals surface area contributed by atoms with Gasteiger partial charge in [0.2, 0.25) is 9.84 Å². The van der Waals surface area contributed by atoms with Crippen LogP contribution in [0.5, 0.6) is 0 Å². The van der Waals surface area contributed by atoms with Gasteiger partial charge in [0.1, 0.15) is 0 Å². The number of hydrogen-bond donors (Lipinski definition) is 0. The third kappa shape index (κ3) is 2.30.